The molecule has 1 aromatic heterocycles. The Bertz CT molecular complexity index is 1340. The number of aliphatic hydroxyl groups excluding tert-OH is 1. The Morgan fingerprint density at radius 3 is 2.59 bits per heavy atom. The van der Waals surface area contributed by atoms with Crippen LogP contribution in [0.15, 0.2) is 27.6 Å². The number of aryl methyl sites for hydroxylation is 2. The largest absolute Gasteiger partial charge is 0.488 e. The van der Waals surface area contributed by atoms with E-state index in [1.165, 1.54) is 44.0 Å². The second-order valence-corrected chi connectivity index (χ2v) is 12.3. The zero-order valence-corrected chi connectivity index (χ0v) is 24.3. The fourth-order valence-electron chi connectivity index (χ4n) is 4.55. The second-order valence-electron chi connectivity index (χ2n) is 10.3. The number of fused-ring (bicyclic) bond motifs is 1. The lowest BCUT2D eigenvalue weighted by Gasteiger charge is -2.33. The van der Waals surface area contributed by atoms with E-state index in [0.717, 1.165) is 4.31 Å². The van der Waals surface area contributed by atoms with Gasteiger partial charge in [0.1, 0.15) is 22.4 Å². The van der Waals surface area contributed by atoms with Gasteiger partial charge in [0, 0.05) is 37.2 Å². The highest BCUT2D eigenvalue weighted by atomic mass is 32.2. The number of benzene rings is 1. The quantitative estimate of drug-likeness (QED) is 0.445. The highest BCUT2D eigenvalue weighted by Crippen LogP contribution is 2.31. The fraction of sp³-hybridized carbons (Fsp3) is 0.577. The minimum atomic E-state index is -4.48. The standard InChI is InChI=1S/C26H35F3N4O7S/c1-15-12-33(16(2)14-34)24(36)11-19-10-20(30-23(35)8-9-26(27,28)29)6-7-21(19)39-22(15)13-32(5)41(37,38)25-17(3)31-40-18(25)4/h6-7,10,15-16,22,34H,8-9,11-14H2,1-5H3,(H,30,35)/t15-,16-,22-/m1/s1. The van der Waals surface area contributed by atoms with Gasteiger partial charge in [-0.15, -0.1) is 0 Å². The molecule has 41 heavy (non-hydrogen) atoms. The van der Waals surface area contributed by atoms with Crippen LogP contribution in [0.1, 0.15) is 43.7 Å². The summed E-state index contributed by atoms with van der Waals surface area (Å²) in [6.07, 6.45) is -7.46. The topological polar surface area (TPSA) is 142 Å². The predicted molar refractivity (Wildman–Crippen MR) is 142 cm³/mol. The van der Waals surface area contributed by atoms with Crippen LogP contribution in [0.4, 0.5) is 18.9 Å². The number of halogens is 3. The molecule has 2 aromatic rings. The van der Waals surface area contributed by atoms with Gasteiger partial charge in [-0.1, -0.05) is 12.1 Å². The van der Waals surface area contributed by atoms with Gasteiger partial charge in [-0.2, -0.15) is 17.5 Å². The summed E-state index contributed by atoms with van der Waals surface area (Å²) in [7, 11) is -2.63. The monoisotopic (exact) mass is 604 g/mol. The zero-order valence-electron chi connectivity index (χ0n) is 23.5. The van der Waals surface area contributed by atoms with Crippen molar-refractivity contribution in [2.45, 2.75) is 70.2 Å². The molecule has 2 heterocycles. The molecule has 0 saturated carbocycles. The van der Waals surface area contributed by atoms with Gasteiger partial charge in [0.2, 0.25) is 21.8 Å². The molecule has 0 fully saturated rings. The Labute approximate surface area is 236 Å². The summed E-state index contributed by atoms with van der Waals surface area (Å²) in [5, 5.41) is 15.9. The van der Waals surface area contributed by atoms with Crippen LogP contribution in [0.5, 0.6) is 5.75 Å². The minimum Gasteiger partial charge on any atom is -0.488 e. The van der Waals surface area contributed by atoms with Crippen molar-refractivity contribution < 1.29 is 45.5 Å². The molecule has 1 aliphatic heterocycles. The number of sulfonamides is 1. The van der Waals surface area contributed by atoms with Gasteiger partial charge in [0.05, 0.1) is 32.0 Å². The highest BCUT2D eigenvalue weighted by molar-refractivity contribution is 7.89. The van der Waals surface area contributed by atoms with Crippen LogP contribution < -0.4 is 10.1 Å². The smallest absolute Gasteiger partial charge is 0.389 e. The van der Waals surface area contributed by atoms with Gasteiger partial charge < -0.3 is 24.6 Å². The fourth-order valence-corrected chi connectivity index (χ4v) is 6.02. The van der Waals surface area contributed by atoms with Crippen LogP contribution in [0.25, 0.3) is 0 Å². The molecule has 0 aliphatic carbocycles. The first-order valence-electron chi connectivity index (χ1n) is 13.0. The number of aliphatic hydroxyl groups is 1. The first-order valence-corrected chi connectivity index (χ1v) is 14.4. The van der Waals surface area contributed by atoms with E-state index < -0.39 is 53.0 Å². The Hall–Kier alpha value is -3.17. The van der Waals surface area contributed by atoms with Gasteiger partial charge in [-0.25, -0.2) is 8.42 Å². The van der Waals surface area contributed by atoms with Crippen molar-refractivity contribution >= 4 is 27.5 Å². The number of carbonyl (C=O) groups excluding carboxylic acids is 2. The normalized spacial score (nSPS) is 19.2. The van der Waals surface area contributed by atoms with Gasteiger partial charge in [-0.3, -0.25) is 9.59 Å². The number of hydrogen-bond acceptors (Lipinski definition) is 8. The molecular weight excluding hydrogens is 569 g/mol. The zero-order chi connectivity index (χ0) is 30.7. The number of likely N-dealkylation sites (N-methyl/N-ethyl adjacent to an activating group) is 1. The molecule has 1 aromatic carbocycles. The third kappa shape index (κ3) is 7.98. The molecule has 15 heteroatoms. The molecule has 3 rings (SSSR count). The Morgan fingerprint density at radius 2 is 2.00 bits per heavy atom. The third-order valence-electron chi connectivity index (χ3n) is 6.91. The molecular formula is C26H35F3N4O7S. The summed E-state index contributed by atoms with van der Waals surface area (Å²) in [6.45, 7) is 6.21. The molecule has 228 valence electrons. The molecule has 0 unspecified atom stereocenters. The third-order valence-corrected chi connectivity index (χ3v) is 8.98. The first kappa shape index (κ1) is 32.3. The maximum atomic E-state index is 13.4. The van der Waals surface area contributed by atoms with E-state index in [2.05, 4.69) is 10.5 Å². The SMILES string of the molecule is Cc1noc(C)c1S(=O)(=O)N(C)C[C@H]1Oc2ccc(NC(=O)CCC(F)(F)F)cc2CC(=O)N([C@H](C)CO)C[C@H]1C. The van der Waals surface area contributed by atoms with E-state index in [0.29, 0.717) is 5.56 Å². The molecule has 3 atom stereocenters. The van der Waals surface area contributed by atoms with Crippen LogP contribution in [0, 0.1) is 19.8 Å². The lowest BCUT2D eigenvalue weighted by atomic mass is 10.0. The van der Waals surface area contributed by atoms with Gasteiger partial charge >= 0.3 is 6.18 Å². The van der Waals surface area contributed by atoms with Crippen molar-refractivity contribution in [3.8, 4) is 5.75 Å². The number of rotatable bonds is 9. The number of hydrogen-bond donors (Lipinski definition) is 2. The number of aromatic nitrogens is 1. The summed E-state index contributed by atoms with van der Waals surface area (Å²) in [5.41, 5.74) is 0.728. The molecule has 2 amide bonds. The average molecular weight is 605 g/mol. The Morgan fingerprint density at radius 1 is 1.32 bits per heavy atom. The summed E-state index contributed by atoms with van der Waals surface area (Å²) in [4.78, 5) is 26.8. The summed E-state index contributed by atoms with van der Waals surface area (Å²) >= 11 is 0. The van der Waals surface area contributed by atoms with E-state index in [1.54, 1.807) is 13.8 Å². The van der Waals surface area contributed by atoms with Crippen LogP contribution in [-0.2, 0) is 26.0 Å². The number of alkyl halides is 3. The molecule has 0 saturated heterocycles. The number of carbonyl (C=O) groups is 2. The van der Waals surface area contributed by atoms with Crippen molar-refractivity contribution in [2.24, 2.45) is 5.92 Å². The van der Waals surface area contributed by atoms with Crippen molar-refractivity contribution in [3.05, 3.63) is 35.2 Å². The number of nitrogens with one attached hydrogen (secondary N) is 1. The summed E-state index contributed by atoms with van der Waals surface area (Å²) in [6, 6.07) is 3.81. The van der Waals surface area contributed by atoms with Crippen LogP contribution >= 0.6 is 0 Å². The molecule has 2 N–H and O–H groups in total. The van der Waals surface area contributed by atoms with E-state index >= 15 is 0 Å². The van der Waals surface area contributed by atoms with Gasteiger partial charge in [0.25, 0.3) is 0 Å². The summed E-state index contributed by atoms with van der Waals surface area (Å²) in [5.74, 6) is -1.19. The number of ether oxygens (including phenoxy) is 1. The van der Waals surface area contributed by atoms with Crippen LogP contribution in [0.3, 0.4) is 0 Å². The molecule has 1 aliphatic rings. The van der Waals surface area contributed by atoms with Crippen molar-refractivity contribution in [3.63, 3.8) is 0 Å². The molecule has 11 nitrogen and oxygen atoms in total. The van der Waals surface area contributed by atoms with Crippen molar-refractivity contribution in [1.29, 1.82) is 0 Å². The lowest BCUT2D eigenvalue weighted by molar-refractivity contribution is -0.142. The molecule has 0 bridgehead atoms. The molecule has 0 spiro atoms. The Balaban J connectivity index is 1.94. The van der Waals surface area contributed by atoms with Crippen LogP contribution in [-0.4, -0.2) is 84.8 Å². The van der Waals surface area contributed by atoms with E-state index in [4.69, 9.17) is 9.26 Å². The van der Waals surface area contributed by atoms with E-state index in [9.17, 15) is 36.3 Å². The van der Waals surface area contributed by atoms with Crippen molar-refractivity contribution in [2.75, 3.05) is 32.1 Å². The van der Waals surface area contributed by atoms with Gasteiger partial charge in [-0.05, 0) is 39.0 Å². The van der Waals surface area contributed by atoms with E-state index in [1.807, 2.05) is 0 Å². The lowest BCUT2D eigenvalue weighted by Crippen LogP contribution is -2.48. The number of nitrogens with zero attached hydrogens (tertiary/aromatic N) is 3. The number of amides is 2. The maximum Gasteiger partial charge on any atom is 0.389 e. The predicted octanol–water partition coefficient (Wildman–Crippen LogP) is 3.04. The first-order chi connectivity index (χ1) is 19.0. The van der Waals surface area contributed by atoms with Crippen LogP contribution in [0.2, 0.25) is 0 Å². The molecule has 0 radical (unpaired) electrons. The average Bonchev–Trinajstić information content (AvgIpc) is 3.25. The van der Waals surface area contributed by atoms with Gasteiger partial charge in [0.15, 0.2) is 5.76 Å². The van der Waals surface area contributed by atoms with Crippen molar-refractivity contribution in [1.82, 2.24) is 14.4 Å². The second kappa shape index (κ2) is 12.8. The maximum absolute atomic E-state index is 13.4. The van der Waals surface area contributed by atoms with E-state index in [-0.39, 0.29) is 59.8 Å². The number of anilines is 1. The Kier molecular flexibility index (Phi) is 10.1. The summed E-state index contributed by atoms with van der Waals surface area (Å²) < 4.78 is 76.8. The minimum absolute atomic E-state index is 0.0484. The highest BCUT2D eigenvalue weighted by Gasteiger charge is 2.35.